The lowest BCUT2D eigenvalue weighted by Crippen LogP contribution is -2.23. The maximum absolute atomic E-state index is 4.29. The van der Waals surface area contributed by atoms with Gasteiger partial charge in [0.15, 0.2) is 11.5 Å². The number of aromatic nitrogens is 3. The summed E-state index contributed by atoms with van der Waals surface area (Å²) in [7, 11) is 0. The summed E-state index contributed by atoms with van der Waals surface area (Å²) >= 11 is 1.94. The molecule has 3 aromatic rings. The third-order valence-electron chi connectivity index (χ3n) is 3.54. The van der Waals surface area contributed by atoms with Crippen molar-refractivity contribution < 1.29 is 0 Å². The third kappa shape index (κ3) is 3.67. The van der Waals surface area contributed by atoms with Gasteiger partial charge in [0.1, 0.15) is 0 Å². The summed E-state index contributed by atoms with van der Waals surface area (Å²) in [5, 5.41) is 12.0. The number of rotatable bonds is 7. The van der Waals surface area contributed by atoms with E-state index in [4.69, 9.17) is 0 Å². The zero-order valence-corrected chi connectivity index (χ0v) is 13.5. The minimum atomic E-state index is 0.190. The Balaban J connectivity index is 1.45. The first-order valence-electron chi connectivity index (χ1n) is 7.49. The molecule has 1 atom stereocenters. The summed E-state index contributed by atoms with van der Waals surface area (Å²) in [6, 6.07) is 16.7. The van der Waals surface area contributed by atoms with Crippen LogP contribution in [-0.4, -0.2) is 26.9 Å². The van der Waals surface area contributed by atoms with Crippen LogP contribution in [0.15, 0.2) is 54.7 Å². The molecule has 0 saturated heterocycles. The van der Waals surface area contributed by atoms with Gasteiger partial charge in [-0.2, -0.15) is 11.8 Å². The van der Waals surface area contributed by atoms with E-state index < -0.39 is 0 Å². The molecule has 0 aliphatic carbocycles. The van der Waals surface area contributed by atoms with E-state index in [1.807, 2.05) is 40.6 Å². The lowest BCUT2D eigenvalue weighted by atomic mass is 10.2. The van der Waals surface area contributed by atoms with Crippen molar-refractivity contribution in [2.75, 3.05) is 12.3 Å². The predicted molar refractivity (Wildman–Crippen MR) is 92.0 cm³/mol. The van der Waals surface area contributed by atoms with Gasteiger partial charge in [-0.1, -0.05) is 36.4 Å². The molecule has 5 heteroatoms. The second-order valence-corrected chi connectivity index (χ2v) is 6.31. The number of nitrogens with one attached hydrogen (secondary N) is 1. The molecule has 3 rings (SSSR count). The molecule has 0 bridgehead atoms. The summed E-state index contributed by atoms with van der Waals surface area (Å²) in [5.74, 6) is 3.10. The molecule has 0 aliphatic rings. The van der Waals surface area contributed by atoms with Crippen molar-refractivity contribution in [2.45, 2.75) is 18.7 Å². The normalized spacial score (nSPS) is 12.6. The highest BCUT2D eigenvalue weighted by Gasteiger charge is 2.11. The largest absolute Gasteiger partial charge is 0.307 e. The first-order chi connectivity index (χ1) is 10.8. The van der Waals surface area contributed by atoms with Crippen LogP contribution in [0.5, 0.6) is 0 Å². The van der Waals surface area contributed by atoms with E-state index >= 15 is 0 Å². The second-order valence-electron chi connectivity index (χ2n) is 5.20. The lowest BCUT2D eigenvalue weighted by molar-refractivity contribution is 0.563. The fourth-order valence-corrected chi connectivity index (χ4v) is 3.19. The summed E-state index contributed by atoms with van der Waals surface area (Å²) in [6.45, 7) is 3.09. The quantitative estimate of drug-likeness (QED) is 0.680. The van der Waals surface area contributed by atoms with E-state index in [0.29, 0.717) is 0 Å². The Hall–Kier alpha value is -1.85. The third-order valence-corrected chi connectivity index (χ3v) is 4.57. The van der Waals surface area contributed by atoms with E-state index in [2.05, 4.69) is 52.8 Å². The van der Waals surface area contributed by atoms with E-state index in [9.17, 15) is 0 Å². The first kappa shape index (κ1) is 15.1. The molecule has 2 aromatic heterocycles. The zero-order chi connectivity index (χ0) is 15.2. The van der Waals surface area contributed by atoms with Crippen LogP contribution in [0.3, 0.4) is 0 Å². The molecule has 0 amide bonds. The van der Waals surface area contributed by atoms with Gasteiger partial charge >= 0.3 is 0 Å². The van der Waals surface area contributed by atoms with Crippen LogP contribution in [0.2, 0.25) is 0 Å². The Morgan fingerprint density at radius 3 is 2.77 bits per heavy atom. The highest BCUT2D eigenvalue weighted by molar-refractivity contribution is 7.98. The van der Waals surface area contributed by atoms with Gasteiger partial charge in [0.25, 0.3) is 0 Å². The van der Waals surface area contributed by atoms with Gasteiger partial charge in [-0.3, -0.25) is 4.40 Å². The van der Waals surface area contributed by atoms with E-state index in [0.717, 1.165) is 29.5 Å². The van der Waals surface area contributed by atoms with Crippen LogP contribution in [0.25, 0.3) is 5.65 Å². The Bertz CT molecular complexity index is 711. The summed E-state index contributed by atoms with van der Waals surface area (Å²) in [4.78, 5) is 0. The average Bonchev–Trinajstić information content (AvgIpc) is 2.99. The summed E-state index contributed by atoms with van der Waals surface area (Å²) in [5.41, 5.74) is 2.27. The van der Waals surface area contributed by atoms with Crippen molar-refractivity contribution in [1.82, 2.24) is 19.9 Å². The van der Waals surface area contributed by atoms with E-state index in [1.54, 1.807) is 0 Å². The fourth-order valence-electron chi connectivity index (χ4n) is 2.36. The minimum absolute atomic E-state index is 0.190. The smallest absolute Gasteiger partial charge is 0.160 e. The van der Waals surface area contributed by atoms with Crippen LogP contribution < -0.4 is 5.32 Å². The van der Waals surface area contributed by atoms with Gasteiger partial charge < -0.3 is 5.32 Å². The molecular formula is C17H20N4S. The number of pyridine rings is 1. The van der Waals surface area contributed by atoms with Crippen LogP contribution in [-0.2, 0) is 5.75 Å². The number of hydrogen-bond acceptors (Lipinski definition) is 4. The number of thioether (sulfide) groups is 1. The van der Waals surface area contributed by atoms with Crippen molar-refractivity contribution in [3.63, 3.8) is 0 Å². The van der Waals surface area contributed by atoms with E-state index in [1.165, 1.54) is 5.56 Å². The summed E-state index contributed by atoms with van der Waals surface area (Å²) < 4.78 is 2.04. The molecule has 2 heterocycles. The molecular weight excluding hydrogens is 292 g/mol. The Labute approximate surface area is 135 Å². The lowest BCUT2D eigenvalue weighted by Gasteiger charge is -2.12. The number of hydrogen-bond donors (Lipinski definition) is 1. The number of benzene rings is 1. The Morgan fingerprint density at radius 1 is 1.09 bits per heavy atom. The van der Waals surface area contributed by atoms with Crippen LogP contribution in [0.1, 0.15) is 24.4 Å². The van der Waals surface area contributed by atoms with Gasteiger partial charge in [-0.05, 0) is 24.6 Å². The molecule has 0 saturated carbocycles. The molecule has 4 nitrogen and oxygen atoms in total. The molecule has 114 valence electrons. The van der Waals surface area contributed by atoms with Crippen LogP contribution in [0, 0.1) is 0 Å². The highest BCUT2D eigenvalue weighted by atomic mass is 32.2. The molecule has 1 N–H and O–H groups in total. The first-order valence-corrected chi connectivity index (χ1v) is 8.65. The highest BCUT2D eigenvalue weighted by Crippen LogP contribution is 2.13. The van der Waals surface area contributed by atoms with Gasteiger partial charge in [0.2, 0.25) is 0 Å². The average molecular weight is 312 g/mol. The number of fused-ring (bicyclic) bond motifs is 1. The number of nitrogens with zero attached hydrogens (tertiary/aromatic N) is 3. The topological polar surface area (TPSA) is 42.2 Å². The zero-order valence-electron chi connectivity index (χ0n) is 12.6. The standard InChI is InChI=1S/C17H20N4S/c1-14(17-20-19-16-9-5-6-11-21(16)17)18-10-12-22-13-15-7-3-2-4-8-15/h2-9,11,14,18H,10,12-13H2,1H3. The maximum Gasteiger partial charge on any atom is 0.160 e. The Kier molecular flexibility index (Phi) is 5.08. The molecule has 22 heavy (non-hydrogen) atoms. The van der Waals surface area contributed by atoms with Crippen molar-refractivity contribution in [1.29, 1.82) is 0 Å². The maximum atomic E-state index is 4.29. The van der Waals surface area contributed by atoms with Crippen LogP contribution >= 0.6 is 11.8 Å². The van der Waals surface area contributed by atoms with Gasteiger partial charge in [0.05, 0.1) is 6.04 Å². The fraction of sp³-hybridized carbons (Fsp3) is 0.294. The molecule has 0 fully saturated rings. The van der Waals surface area contributed by atoms with Crippen LogP contribution in [0.4, 0.5) is 0 Å². The van der Waals surface area contributed by atoms with Gasteiger partial charge in [-0.25, -0.2) is 0 Å². The second kappa shape index (κ2) is 7.42. The van der Waals surface area contributed by atoms with E-state index in [-0.39, 0.29) is 6.04 Å². The predicted octanol–water partition coefficient (Wildman–Crippen LogP) is 3.31. The monoisotopic (exact) mass is 312 g/mol. The minimum Gasteiger partial charge on any atom is -0.307 e. The van der Waals surface area contributed by atoms with Crippen molar-refractivity contribution in [3.05, 3.63) is 66.1 Å². The van der Waals surface area contributed by atoms with Gasteiger partial charge in [0, 0.05) is 24.2 Å². The summed E-state index contributed by atoms with van der Waals surface area (Å²) in [6.07, 6.45) is 2.01. The molecule has 0 spiro atoms. The van der Waals surface area contributed by atoms with Crippen molar-refractivity contribution in [2.24, 2.45) is 0 Å². The van der Waals surface area contributed by atoms with Crippen molar-refractivity contribution in [3.8, 4) is 0 Å². The SMILES string of the molecule is CC(NCCSCc1ccccc1)c1nnc2ccccn12. The Morgan fingerprint density at radius 2 is 1.91 bits per heavy atom. The molecule has 0 aliphatic heterocycles. The molecule has 1 aromatic carbocycles. The molecule has 1 unspecified atom stereocenters. The molecule has 0 radical (unpaired) electrons. The van der Waals surface area contributed by atoms with Gasteiger partial charge in [-0.15, -0.1) is 10.2 Å². The van der Waals surface area contributed by atoms with Crippen molar-refractivity contribution >= 4 is 17.4 Å².